The molecule has 0 spiro atoms. The summed E-state index contributed by atoms with van der Waals surface area (Å²) in [5.41, 5.74) is 4.97. The van der Waals surface area contributed by atoms with Crippen LogP contribution in [0.25, 0.3) is 0 Å². The number of aryl methyl sites for hydroxylation is 3. The van der Waals surface area contributed by atoms with Gasteiger partial charge in [-0.05, 0) is 70.1 Å². The molecule has 3 nitrogen and oxygen atoms in total. The predicted octanol–water partition coefficient (Wildman–Crippen LogP) is 3.22. The molecule has 3 rings (SSSR count). The first-order chi connectivity index (χ1) is 9.56. The van der Waals surface area contributed by atoms with E-state index in [9.17, 15) is 0 Å². The number of ether oxygens (including phenoxy) is 1. The Bertz CT molecular complexity index is 473. The van der Waals surface area contributed by atoms with Crippen molar-refractivity contribution in [2.45, 2.75) is 65.1 Å². The lowest BCUT2D eigenvalue weighted by Crippen LogP contribution is -2.39. The maximum atomic E-state index is 5.93. The molecule has 2 heterocycles. The number of rotatable bonds is 4. The van der Waals surface area contributed by atoms with Crippen molar-refractivity contribution in [3.8, 4) is 0 Å². The third-order valence-corrected chi connectivity index (χ3v) is 4.70. The minimum absolute atomic E-state index is 0.344. The summed E-state index contributed by atoms with van der Waals surface area (Å²) in [5.74, 6) is 0.806. The SMILES string of the molecule is Cc1cc(C)c(C(C)NC2CCOC2C2CC2)c(C)n1. The lowest BCUT2D eigenvalue weighted by molar-refractivity contribution is 0.0792. The molecular weight excluding hydrogens is 248 g/mol. The maximum Gasteiger partial charge on any atom is 0.0757 e. The largest absolute Gasteiger partial charge is 0.376 e. The topological polar surface area (TPSA) is 34.1 Å². The first kappa shape index (κ1) is 14.0. The van der Waals surface area contributed by atoms with E-state index < -0.39 is 0 Å². The van der Waals surface area contributed by atoms with E-state index in [1.165, 1.54) is 24.0 Å². The van der Waals surface area contributed by atoms with Gasteiger partial charge in [-0.25, -0.2) is 0 Å². The summed E-state index contributed by atoms with van der Waals surface area (Å²) in [7, 11) is 0. The summed E-state index contributed by atoms with van der Waals surface area (Å²) in [6, 6.07) is 3.04. The Morgan fingerprint density at radius 1 is 1.25 bits per heavy atom. The number of nitrogens with zero attached hydrogens (tertiary/aromatic N) is 1. The molecule has 110 valence electrons. The van der Waals surface area contributed by atoms with Crippen LogP contribution in [0.5, 0.6) is 0 Å². The van der Waals surface area contributed by atoms with Gasteiger partial charge in [0, 0.05) is 30.1 Å². The van der Waals surface area contributed by atoms with E-state index in [-0.39, 0.29) is 0 Å². The summed E-state index contributed by atoms with van der Waals surface area (Å²) in [5, 5.41) is 3.80. The van der Waals surface area contributed by atoms with E-state index in [2.05, 4.69) is 44.1 Å². The Kier molecular flexibility index (Phi) is 3.83. The molecule has 1 aliphatic carbocycles. The quantitative estimate of drug-likeness (QED) is 0.915. The van der Waals surface area contributed by atoms with Crippen molar-refractivity contribution in [3.63, 3.8) is 0 Å². The molecule has 2 aliphatic rings. The fourth-order valence-electron chi connectivity index (χ4n) is 3.77. The smallest absolute Gasteiger partial charge is 0.0757 e. The van der Waals surface area contributed by atoms with Crippen LogP contribution in [0.1, 0.15) is 54.7 Å². The highest BCUT2D eigenvalue weighted by atomic mass is 16.5. The molecule has 2 fully saturated rings. The Morgan fingerprint density at radius 2 is 2.00 bits per heavy atom. The van der Waals surface area contributed by atoms with Gasteiger partial charge in [-0.1, -0.05) is 0 Å². The molecule has 3 unspecified atom stereocenters. The average molecular weight is 274 g/mol. The van der Waals surface area contributed by atoms with E-state index in [1.807, 2.05) is 0 Å². The van der Waals surface area contributed by atoms with Gasteiger partial charge >= 0.3 is 0 Å². The van der Waals surface area contributed by atoms with Gasteiger partial charge in [0.25, 0.3) is 0 Å². The summed E-state index contributed by atoms with van der Waals surface area (Å²) in [6.45, 7) is 9.55. The van der Waals surface area contributed by atoms with Gasteiger partial charge in [-0.3, -0.25) is 4.98 Å². The van der Waals surface area contributed by atoms with Crippen LogP contribution < -0.4 is 5.32 Å². The first-order valence-electron chi connectivity index (χ1n) is 7.88. The van der Waals surface area contributed by atoms with Crippen molar-refractivity contribution in [3.05, 3.63) is 28.6 Å². The van der Waals surface area contributed by atoms with Gasteiger partial charge in [-0.2, -0.15) is 0 Å². The Hall–Kier alpha value is -0.930. The van der Waals surface area contributed by atoms with E-state index in [0.717, 1.165) is 30.3 Å². The summed E-state index contributed by atoms with van der Waals surface area (Å²) >= 11 is 0. The fraction of sp³-hybridized carbons (Fsp3) is 0.706. The lowest BCUT2D eigenvalue weighted by atomic mass is 9.98. The van der Waals surface area contributed by atoms with Gasteiger partial charge in [0.05, 0.1) is 6.10 Å². The van der Waals surface area contributed by atoms with E-state index in [1.54, 1.807) is 0 Å². The first-order valence-corrected chi connectivity index (χ1v) is 7.88. The van der Waals surface area contributed by atoms with Crippen molar-refractivity contribution in [2.24, 2.45) is 5.92 Å². The molecule has 1 N–H and O–H groups in total. The summed E-state index contributed by atoms with van der Waals surface area (Å²) < 4.78 is 5.93. The molecule has 1 aromatic heterocycles. The zero-order valence-corrected chi connectivity index (χ0v) is 13.1. The zero-order valence-electron chi connectivity index (χ0n) is 13.1. The number of hydrogen-bond acceptors (Lipinski definition) is 3. The van der Waals surface area contributed by atoms with Crippen LogP contribution in [0.2, 0.25) is 0 Å². The van der Waals surface area contributed by atoms with Gasteiger partial charge in [0.15, 0.2) is 0 Å². The molecule has 0 amide bonds. The molecular formula is C17H26N2O. The number of pyridine rings is 1. The van der Waals surface area contributed by atoms with E-state index in [4.69, 9.17) is 4.74 Å². The second-order valence-corrected chi connectivity index (χ2v) is 6.54. The van der Waals surface area contributed by atoms with Crippen LogP contribution in [0.15, 0.2) is 6.07 Å². The van der Waals surface area contributed by atoms with Gasteiger partial charge in [0.1, 0.15) is 0 Å². The van der Waals surface area contributed by atoms with Crippen LogP contribution in [-0.2, 0) is 4.74 Å². The van der Waals surface area contributed by atoms with Gasteiger partial charge in [-0.15, -0.1) is 0 Å². The molecule has 0 radical (unpaired) electrons. The normalized spacial score (nSPS) is 27.8. The van der Waals surface area contributed by atoms with Crippen LogP contribution in [0.3, 0.4) is 0 Å². The maximum absolute atomic E-state index is 5.93. The van der Waals surface area contributed by atoms with Crippen LogP contribution >= 0.6 is 0 Å². The van der Waals surface area contributed by atoms with Crippen molar-refractivity contribution < 1.29 is 4.74 Å². The molecule has 1 saturated carbocycles. The van der Waals surface area contributed by atoms with E-state index in [0.29, 0.717) is 18.2 Å². The third-order valence-electron chi connectivity index (χ3n) is 4.70. The molecule has 1 aliphatic heterocycles. The third kappa shape index (κ3) is 2.75. The van der Waals surface area contributed by atoms with Crippen molar-refractivity contribution >= 4 is 0 Å². The van der Waals surface area contributed by atoms with Gasteiger partial charge in [0.2, 0.25) is 0 Å². The van der Waals surface area contributed by atoms with Crippen LogP contribution in [0, 0.1) is 26.7 Å². The molecule has 0 aromatic carbocycles. The van der Waals surface area contributed by atoms with E-state index >= 15 is 0 Å². The average Bonchev–Trinajstić information content (AvgIpc) is 3.09. The molecule has 0 bridgehead atoms. The zero-order chi connectivity index (χ0) is 14.3. The van der Waals surface area contributed by atoms with Gasteiger partial charge < -0.3 is 10.1 Å². The number of nitrogens with one attached hydrogen (secondary N) is 1. The highest BCUT2D eigenvalue weighted by Gasteiger charge is 2.41. The fourth-order valence-corrected chi connectivity index (χ4v) is 3.77. The summed E-state index contributed by atoms with van der Waals surface area (Å²) in [6.07, 6.45) is 4.28. The predicted molar refractivity (Wildman–Crippen MR) is 80.9 cm³/mol. The second kappa shape index (κ2) is 5.45. The highest BCUT2D eigenvalue weighted by Crippen LogP contribution is 2.39. The minimum Gasteiger partial charge on any atom is -0.376 e. The summed E-state index contributed by atoms with van der Waals surface area (Å²) in [4.78, 5) is 4.63. The lowest BCUT2D eigenvalue weighted by Gasteiger charge is -2.26. The molecule has 20 heavy (non-hydrogen) atoms. The molecule has 1 saturated heterocycles. The van der Waals surface area contributed by atoms with Crippen LogP contribution in [-0.4, -0.2) is 23.7 Å². The number of aromatic nitrogens is 1. The number of hydrogen-bond donors (Lipinski definition) is 1. The van der Waals surface area contributed by atoms with Crippen LogP contribution in [0.4, 0.5) is 0 Å². The Balaban J connectivity index is 1.74. The monoisotopic (exact) mass is 274 g/mol. The van der Waals surface area contributed by atoms with Crippen molar-refractivity contribution in [1.82, 2.24) is 10.3 Å². The van der Waals surface area contributed by atoms with Crippen molar-refractivity contribution in [2.75, 3.05) is 6.61 Å². The Morgan fingerprint density at radius 3 is 2.65 bits per heavy atom. The van der Waals surface area contributed by atoms with Crippen molar-refractivity contribution in [1.29, 1.82) is 0 Å². The standard InChI is InChI=1S/C17H26N2O/c1-10-9-11(2)18-12(3)16(10)13(4)19-15-7-8-20-17(15)14-5-6-14/h9,13-15,17,19H,5-8H2,1-4H3. The molecule has 1 aromatic rings. The molecule has 3 heteroatoms. The highest BCUT2D eigenvalue weighted by molar-refractivity contribution is 5.33. The second-order valence-electron chi connectivity index (χ2n) is 6.54. The molecule has 3 atom stereocenters. The Labute approximate surface area is 122 Å². The minimum atomic E-state index is 0.344.